The fourth-order valence-electron chi connectivity index (χ4n) is 10.1. The molecule has 0 bridgehead atoms. The minimum Gasteiger partial charge on any atom is -0.455 e. The molecular weight excluding hydrogens is 789 g/mol. The van der Waals surface area contributed by atoms with Crippen molar-refractivity contribution >= 4 is 60.8 Å². The van der Waals surface area contributed by atoms with Gasteiger partial charge < -0.3 is 13.9 Å². The summed E-state index contributed by atoms with van der Waals surface area (Å²) in [6.07, 6.45) is 0. The van der Waals surface area contributed by atoms with Gasteiger partial charge in [0.2, 0.25) is 0 Å². The van der Waals surface area contributed by atoms with Crippen LogP contribution >= 0.6 is 0 Å². The van der Waals surface area contributed by atoms with Crippen molar-refractivity contribution in [2.45, 2.75) is 13.8 Å². The topological polar surface area (TPSA) is 21.3 Å². The van der Waals surface area contributed by atoms with E-state index in [9.17, 15) is 0 Å². The van der Waals surface area contributed by atoms with Crippen LogP contribution in [-0.4, -0.2) is 4.57 Å². The molecule has 0 aliphatic rings. The number of anilines is 3. The first-order chi connectivity index (χ1) is 32.1. The van der Waals surface area contributed by atoms with E-state index in [1.54, 1.807) is 0 Å². The quantitative estimate of drug-likeness (QED) is 0.152. The highest BCUT2D eigenvalue weighted by Crippen LogP contribution is 2.49. The Balaban J connectivity index is 1.11. The van der Waals surface area contributed by atoms with Gasteiger partial charge >= 0.3 is 0 Å². The van der Waals surface area contributed by atoms with Crippen molar-refractivity contribution in [1.29, 1.82) is 0 Å². The summed E-state index contributed by atoms with van der Waals surface area (Å²) >= 11 is 0. The summed E-state index contributed by atoms with van der Waals surface area (Å²) in [4.78, 5) is 2.46. The van der Waals surface area contributed by atoms with Crippen LogP contribution in [0.15, 0.2) is 235 Å². The summed E-state index contributed by atoms with van der Waals surface area (Å²) in [7, 11) is 0. The van der Waals surface area contributed by atoms with Crippen LogP contribution in [0.1, 0.15) is 11.1 Å². The maximum atomic E-state index is 7.04. The van der Waals surface area contributed by atoms with E-state index in [-0.39, 0.29) is 0 Å². The Morgan fingerprint density at radius 3 is 1.66 bits per heavy atom. The molecule has 0 amide bonds. The molecule has 0 atom stereocenters. The number of furan rings is 1. The average molecular weight is 833 g/mol. The van der Waals surface area contributed by atoms with Gasteiger partial charge in [-0.15, -0.1) is 0 Å². The maximum absolute atomic E-state index is 7.04. The monoisotopic (exact) mass is 832 g/mol. The van der Waals surface area contributed by atoms with Crippen LogP contribution in [-0.2, 0) is 0 Å². The molecular formula is C62H44N2O. The standard InChI is InChI=1S/C62H44N2O/c1-41-37-46(43-19-6-3-7-20-43)33-35-55(41)64(49-38-42(2)60(45-23-10-5-11-24-45)54(40-49)44-21-8-4-9-22-44)58-36-34-50(62-61(58)53-29-14-17-32-59(53)65-62)47-25-18-26-48(39-47)63-56-30-15-12-27-51(56)52-28-13-16-31-57(52)63/h3-40H,1-2H3. The number of benzene rings is 10. The van der Waals surface area contributed by atoms with Crippen molar-refractivity contribution in [1.82, 2.24) is 4.57 Å². The number of hydrogen-bond donors (Lipinski definition) is 0. The van der Waals surface area contributed by atoms with E-state index >= 15 is 0 Å². The maximum Gasteiger partial charge on any atom is 0.145 e. The number of para-hydroxylation sites is 3. The fourth-order valence-corrected chi connectivity index (χ4v) is 10.1. The number of fused-ring (bicyclic) bond motifs is 6. The fraction of sp³-hybridized carbons (Fsp3) is 0.0323. The van der Waals surface area contributed by atoms with E-state index < -0.39 is 0 Å². The summed E-state index contributed by atoms with van der Waals surface area (Å²) in [6, 6.07) is 83.1. The third-order valence-electron chi connectivity index (χ3n) is 13.0. The van der Waals surface area contributed by atoms with Crippen molar-refractivity contribution in [3.8, 4) is 50.2 Å². The van der Waals surface area contributed by atoms with E-state index in [0.717, 1.165) is 55.8 Å². The highest BCUT2D eigenvalue weighted by atomic mass is 16.3. The molecule has 0 radical (unpaired) electrons. The second kappa shape index (κ2) is 15.7. The summed E-state index contributed by atoms with van der Waals surface area (Å²) in [5.74, 6) is 0. The molecule has 12 aromatic rings. The lowest BCUT2D eigenvalue weighted by molar-refractivity contribution is 0.670. The molecule has 65 heavy (non-hydrogen) atoms. The molecule has 0 spiro atoms. The normalized spacial score (nSPS) is 11.5. The molecule has 0 unspecified atom stereocenters. The minimum absolute atomic E-state index is 0.853. The Kier molecular flexibility index (Phi) is 9.28. The van der Waals surface area contributed by atoms with Gasteiger partial charge in [0, 0.05) is 38.8 Å². The molecule has 0 aliphatic carbocycles. The van der Waals surface area contributed by atoms with Gasteiger partial charge in [-0.25, -0.2) is 0 Å². The van der Waals surface area contributed by atoms with Crippen molar-refractivity contribution < 1.29 is 4.42 Å². The molecule has 2 aromatic heterocycles. The van der Waals surface area contributed by atoms with E-state index in [1.807, 2.05) is 0 Å². The molecule has 12 rings (SSSR count). The molecule has 3 nitrogen and oxygen atoms in total. The van der Waals surface area contributed by atoms with Gasteiger partial charge in [-0.2, -0.15) is 0 Å². The summed E-state index contributed by atoms with van der Waals surface area (Å²) in [5, 5.41) is 4.62. The highest BCUT2D eigenvalue weighted by Gasteiger charge is 2.25. The predicted octanol–water partition coefficient (Wildman–Crippen LogP) is 17.4. The van der Waals surface area contributed by atoms with Gasteiger partial charge in [0.05, 0.1) is 22.1 Å². The van der Waals surface area contributed by atoms with Crippen LogP contribution in [0.5, 0.6) is 0 Å². The number of aromatic nitrogens is 1. The van der Waals surface area contributed by atoms with Crippen LogP contribution in [0.2, 0.25) is 0 Å². The number of aryl methyl sites for hydroxylation is 2. The van der Waals surface area contributed by atoms with Crippen molar-refractivity contribution in [2.75, 3.05) is 4.90 Å². The molecule has 2 heterocycles. The van der Waals surface area contributed by atoms with E-state index in [1.165, 1.54) is 66.3 Å². The summed E-state index contributed by atoms with van der Waals surface area (Å²) in [5.41, 5.74) is 20.1. The summed E-state index contributed by atoms with van der Waals surface area (Å²) in [6.45, 7) is 4.48. The van der Waals surface area contributed by atoms with Crippen molar-refractivity contribution in [2.24, 2.45) is 0 Å². The van der Waals surface area contributed by atoms with Crippen LogP contribution in [0.4, 0.5) is 17.1 Å². The van der Waals surface area contributed by atoms with Crippen molar-refractivity contribution in [3.63, 3.8) is 0 Å². The van der Waals surface area contributed by atoms with Gasteiger partial charge in [0.25, 0.3) is 0 Å². The zero-order chi connectivity index (χ0) is 43.4. The molecule has 3 heteroatoms. The number of rotatable bonds is 8. The first-order valence-corrected chi connectivity index (χ1v) is 22.3. The van der Waals surface area contributed by atoms with E-state index in [0.29, 0.717) is 0 Å². The third-order valence-corrected chi connectivity index (χ3v) is 13.0. The van der Waals surface area contributed by atoms with Gasteiger partial charge in [-0.05, 0) is 131 Å². The first kappa shape index (κ1) is 38.3. The van der Waals surface area contributed by atoms with Gasteiger partial charge in [0.1, 0.15) is 11.2 Å². The minimum atomic E-state index is 0.853. The molecule has 0 saturated carbocycles. The zero-order valence-electron chi connectivity index (χ0n) is 36.2. The van der Waals surface area contributed by atoms with Crippen LogP contribution in [0.25, 0.3) is 93.9 Å². The second-order valence-corrected chi connectivity index (χ2v) is 17.0. The van der Waals surface area contributed by atoms with Crippen molar-refractivity contribution in [3.05, 3.63) is 242 Å². The van der Waals surface area contributed by atoms with Crippen LogP contribution < -0.4 is 4.90 Å². The van der Waals surface area contributed by atoms with E-state index in [2.05, 4.69) is 254 Å². The largest absolute Gasteiger partial charge is 0.455 e. The molecule has 0 aliphatic heterocycles. The Labute approximate surface area is 378 Å². The Bertz CT molecular complexity index is 3680. The van der Waals surface area contributed by atoms with Gasteiger partial charge in [-0.1, -0.05) is 164 Å². The SMILES string of the molecule is Cc1cc(-c2ccccc2)ccc1N(c1cc(C)c(-c2ccccc2)c(-c2ccccc2)c1)c1ccc(-c2cccc(-n3c4ccccc4c4ccccc43)c2)c2oc3ccccc3c12. The molecule has 10 aromatic carbocycles. The molecule has 0 N–H and O–H groups in total. The lowest BCUT2D eigenvalue weighted by atomic mass is 9.89. The van der Waals surface area contributed by atoms with Gasteiger partial charge in [-0.3, -0.25) is 0 Å². The number of hydrogen-bond acceptors (Lipinski definition) is 2. The Hall–Kier alpha value is -8.40. The highest BCUT2D eigenvalue weighted by molar-refractivity contribution is 6.17. The lowest BCUT2D eigenvalue weighted by Crippen LogP contribution is -2.13. The van der Waals surface area contributed by atoms with E-state index in [4.69, 9.17) is 4.42 Å². The zero-order valence-corrected chi connectivity index (χ0v) is 36.2. The van der Waals surface area contributed by atoms with Crippen LogP contribution in [0, 0.1) is 13.8 Å². The van der Waals surface area contributed by atoms with Gasteiger partial charge in [0.15, 0.2) is 0 Å². The second-order valence-electron chi connectivity index (χ2n) is 17.0. The van der Waals surface area contributed by atoms with Crippen LogP contribution in [0.3, 0.4) is 0 Å². The average Bonchev–Trinajstić information content (AvgIpc) is 3.92. The lowest BCUT2D eigenvalue weighted by Gasteiger charge is -2.30. The molecule has 308 valence electrons. The predicted molar refractivity (Wildman–Crippen MR) is 274 cm³/mol. The molecule has 0 fully saturated rings. The smallest absolute Gasteiger partial charge is 0.145 e. The number of nitrogens with zero attached hydrogens (tertiary/aromatic N) is 2. The Morgan fingerprint density at radius 1 is 0.385 bits per heavy atom. The molecule has 0 saturated heterocycles. The third kappa shape index (κ3) is 6.51. The Morgan fingerprint density at radius 2 is 0.969 bits per heavy atom. The first-order valence-electron chi connectivity index (χ1n) is 22.3. The summed E-state index contributed by atoms with van der Waals surface area (Å²) < 4.78 is 9.42.